The summed E-state index contributed by atoms with van der Waals surface area (Å²) in [5.41, 5.74) is 33.2. The van der Waals surface area contributed by atoms with Crippen LogP contribution in [0, 0.1) is 17.6 Å². The number of halogens is 2. The molecule has 628 valence electrons. The fraction of sp³-hybridized carbons (Fsp3) is 0.212. The second kappa shape index (κ2) is 45.4. The molecular weight excluding hydrogens is 1550 g/mol. The van der Waals surface area contributed by atoms with Crippen LogP contribution in [-0.2, 0) is 22.6 Å². The maximum absolute atomic E-state index is 13.7. The first-order valence-electron chi connectivity index (χ1n) is 37.9. The Kier molecular flexibility index (Phi) is 33.7. The van der Waals surface area contributed by atoms with Gasteiger partial charge in [0.2, 0.25) is 29.7 Å². The number of likely N-dealkylation sites (N-methyl/N-ethyl adjacent to an activating group) is 1. The maximum atomic E-state index is 13.7. The van der Waals surface area contributed by atoms with Gasteiger partial charge in [0.05, 0.1) is 13.7 Å². The summed E-state index contributed by atoms with van der Waals surface area (Å²) in [5.74, 6) is -0.0735. The third-order valence-corrected chi connectivity index (χ3v) is 17.2. The van der Waals surface area contributed by atoms with Crippen LogP contribution >= 0.6 is 0 Å². The SMILES string of the molecule is CC1(C)OCC(CNc2ncc(C(N)=O)c(Nc3ccccc3)n2)O1.CCC(C)CNc1ncc(C(N)=O)c(Nc2ccccc2)n1.CN(C)CCNc1ncc(C(N)=O)c(Nc2ccccc2)n1.COc1ccccc1CNc1ncc(C(N)=O)c(Nc2ccccc2)n1.NC(=O)c1cnc(NCc2ccc(F)cc2F)nc1Nc1ccccc1. The number of anilines is 15. The minimum Gasteiger partial charge on any atom is -0.496 e. The van der Waals surface area contributed by atoms with Crippen molar-refractivity contribution in [3.8, 4) is 5.75 Å². The molecule has 1 saturated heterocycles. The van der Waals surface area contributed by atoms with Crippen molar-refractivity contribution in [2.75, 3.05) is 107 Å². The molecule has 13 rings (SSSR count). The van der Waals surface area contributed by atoms with E-state index in [-0.39, 0.29) is 57.8 Å². The third-order valence-electron chi connectivity index (χ3n) is 17.2. The molecule has 34 nitrogen and oxygen atoms in total. The van der Waals surface area contributed by atoms with Crippen LogP contribution in [-0.4, -0.2) is 150 Å². The number of aromatic nitrogens is 10. The van der Waals surface area contributed by atoms with Crippen LogP contribution in [0.2, 0.25) is 0 Å². The van der Waals surface area contributed by atoms with E-state index in [1.165, 1.54) is 43.1 Å². The fourth-order valence-electron chi connectivity index (χ4n) is 10.7. The van der Waals surface area contributed by atoms with Crippen molar-refractivity contribution >= 4 is 117 Å². The van der Waals surface area contributed by atoms with Gasteiger partial charge in [-0.3, -0.25) is 24.0 Å². The normalized spacial score (nSPS) is 12.3. The number of hydrogen-bond acceptors (Lipinski definition) is 29. The van der Waals surface area contributed by atoms with Gasteiger partial charge in [-0.2, -0.15) is 24.9 Å². The number of methoxy groups -OCH3 is 1. The van der Waals surface area contributed by atoms with Crippen molar-refractivity contribution < 1.29 is 47.0 Å². The highest BCUT2D eigenvalue weighted by Gasteiger charge is 2.33. The van der Waals surface area contributed by atoms with Crippen molar-refractivity contribution in [1.29, 1.82) is 0 Å². The van der Waals surface area contributed by atoms with Crippen LogP contribution in [0.4, 0.5) is 96.0 Å². The molecule has 2 atom stereocenters. The van der Waals surface area contributed by atoms with Gasteiger partial charge in [-0.15, -0.1) is 0 Å². The van der Waals surface area contributed by atoms with Gasteiger partial charge < -0.3 is 101 Å². The molecular formula is C85H96F2N26O8. The van der Waals surface area contributed by atoms with Crippen molar-refractivity contribution in [1.82, 2.24) is 54.7 Å². The monoisotopic (exact) mass is 1650 g/mol. The number of ether oxygens (including phenoxy) is 3. The molecule has 6 heterocycles. The Morgan fingerprint density at radius 2 is 0.793 bits per heavy atom. The standard InChI is InChI=1S/C19H19N5O2.C18H15F2N5O.C17H21N5O3.C16H21N5O.C15H20N6O/c1-26-16-10-6-5-7-13(16)11-21-19-22-12-15(17(20)25)18(24-19)23-14-8-3-2-4-9-14;19-12-7-6-11(15(20)8-12)9-22-18-23-10-14(16(21)26)17(25-18)24-13-4-2-1-3-5-13;1-17(2)24-10-12(25-17)8-19-16-20-9-13(14(18)23)15(22-16)21-11-6-4-3-5-7-11;1-3-11(2)9-18-16-19-10-13(14(17)22)15(21-16)20-12-7-5-4-6-8-12;1-21(2)9-8-17-15-18-10-12(13(16)22)14(20-15)19-11-6-4-3-5-7-11/h2-10,12H,11H2,1H3,(H2,20,25)(H2,21,22,23,24);1-8,10H,9H2,(H2,21,26)(H2,22,23,24,25);3-7,9,12H,8,10H2,1-2H3,(H2,18,23)(H2,19,20,21,22);4-8,10-11H,3,9H2,1-2H3,(H2,17,22)(H2,18,19,20,21);3-7,10H,8-9H2,1-2H3,(H2,16,22)(H2,17,18,19,20). The number of hydrogen-bond donors (Lipinski definition) is 15. The smallest absolute Gasteiger partial charge is 0.254 e. The molecule has 0 bridgehead atoms. The van der Waals surface area contributed by atoms with Crippen molar-refractivity contribution in [2.45, 2.75) is 59.1 Å². The lowest BCUT2D eigenvalue weighted by molar-refractivity contribution is -0.136. The molecule has 0 aliphatic carbocycles. The van der Waals surface area contributed by atoms with Gasteiger partial charge in [-0.1, -0.05) is 136 Å². The Hall–Kier alpha value is -15.2. The van der Waals surface area contributed by atoms with E-state index in [2.05, 4.69) is 117 Å². The van der Waals surface area contributed by atoms with Gasteiger partial charge >= 0.3 is 0 Å². The topological polar surface area (TPSA) is 496 Å². The number of carbonyl (C=O) groups excluding carboxylic acids is 5. The van der Waals surface area contributed by atoms with Crippen LogP contribution in [0.15, 0.2) is 225 Å². The lowest BCUT2D eigenvalue weighted by atomic mass is 10.1. The summed E-state index contributed by atoms with van der Waals surface area (Å²) < 4.78 is 43.2. The third kappa shape index (κ3) is 29.2. The summed E-state index contributed by atoms with van der Waals surface area (Å²) >= 11 is 0. The molecule has 12 aromatic rings. The van der Waals surface area contributed by atoms with Gasteiger partial charge in [0.25, 0.3) is 29.5 Å². The van der Waals surface area contributed by atoms with Crippen molar-refractivity contribution in [3.63, 3.8) is 0 Å². The molecule has 0 saturated carbocycles. The zero-order valence-electron chi connectivity index (χ0n) is 67.5. The Morgan fingerprint density at radius 3 is 1.12 bits per heavy atom. The zero-order valence-corrected chi connectivity index (χ0v) is 67.5. The van der Waals surface area contributed by atoms with Crippen LogP contribution < -0.4 is 86.6 Å². The van der Waals surface area contributed by atoms with E-state index in [0.29, 0.717) is 84.9 Å². The van der Waals surface area contributed by atoms with E-state index in [9.17, 15) is 32.8 Å². The lowest BCUT2D eigenvalue weighted by Gasteiger charge is -2.17. The summed E-state index contributed by atoms with van der Waals surface area (Å²) in [6.45, 7) is 11.9. The van der Waals surface area contributed by atoms with E-state index >= 15 is 0 Å². The number of carbonyl (C=O) groups is 5. The molecule has 5 aromatic heterocycles. The highest BCUT2D eigenvalue weighted by Crippen LogP contribution is 2.28. The number of rotatable bonds is 33. The van der Waals surface area contributed by atoms with E-state index in [1.54, 1.807) is 19.2 Å². The van der Waals surface area contributed by atoms with E-state index in [4.69, 9.17) is 42.9 Å². The predicted octanol–water partition coefficient (Wildman–Crippen LogP) is 12.1. The zero-order chi connectivity index (χ0) is 86.6. The van der Waals surface area contributed by atoms with E-state index in [1.807, 2.05) is 197 Å². The molecule has 2 unspecified atom stereocenters. The molecule has 0 spiro atoms. The average Bonchev–Trinajstić information content (AvgIpc) is 1.51. The maximum Gasteiger partial charge on any atom is 0.254 e. The molecule has 1 aliphatic heterocycles. The Balaban J connectivity index is 0.000000172. The second-order valence-corrected chi connectivity index (χ2v) is 27.3. The summed E-state index contributed by atoms with van der Waals surface area (Å²) in [7, 11) is 5.60. The first-order chi connectivity index (χ1) is 58.3. The summed E-state index contributed by atoms with van der Waals surface area (Å²) in [4.78, 5) is 102. The Labute approximate surface area is 697 Å². The minimum atomic E-state index is -0.681. The molecule has 36 heteroatoms. The number of nitrogens with one attached hydrogen (secondary N) is 10. The molecule has 1 aliphatic rings. The van der Waals surface area contributed by atoms with Gasteiger partial charge in [-0.05, 0) is 107 Å². The highest BCUT2D eigenvalue weighted by molar-refractivity contribution is 6.01. The highest BCUT2D eigenvalue weighted by atomic mass is 19.1. The first kappa shape index (κ1) is 89.8. The van der Waals surface area contributed by atoms with Gasteiger partial charge in [0.1, 0.15) is 80.4 Å². The largest absolute Gasteiger partial charge is 0.496 e. The first-order valence-corrected chi connectivity index (χ1v) is 37.9. The minimum absolute atomic E-state index is 0.0484. The second-order valence-electron chi connectivity index (χ2n) is 27.3. The Bertz CT molecular complexity index is 5370. The molecule has 20 N–H and O–H groups in total. The fourth-order valence-corrected chi connectivity index (χ4v) is 10.7. The average molecular weight is 1650 g/mol. The quantitative estimate of drug-likeness (QED) is 0.0182. The van der Waals surface area contributed by atoms with Gasteiger partial charge in [0, 0.05) is 116 Å². The van der Waals surface area contributed by atoms with E-state index in [0.717, 1.165) is 59.6 Å². The summed E-state index contributed by atoms with van der Waals surface area (Å²) in [5, 5.41) is 30.7. The van der Waals surface area contributed by atoms with Crippen LogP contribution in [0.5, 0.6) is 5.75 Å². The van der Waals surface area contributed by atoms with Crippen molar-refractivity contribution in [2.24, 2.45) is 34.6 Å². The number of nitrogens with zero attached hydrogens (tertiary/aromatic N) is 11. The van der Waals surface area contributed by atoms with E-state index < -0.39 is 47.0 Å². The van der Waals surface area contributed by atoms with Crippen LogP contribution in [0.3, 0.4) is 0 Å². The summed E-state index contributed by atoms with van der Waals surface area (Å²) in [6, 6.07) is 57.8. The van der Waals surface area contributed by atoms with Gasteiger partial charge in [-0.25, -0.2) is 33.7 Å². The summed E-state index contributed by atoms with van der Waals surface area (Å²) in [6.07, 6.45) is 7.94. The number of nitrogens with two attached hydrogens (primary N) is 5. The molecule has 0 radical (unpaired) electrons. The predicted molar refractivity (Wildman–Crippen MR) is 464 cm³/mol. The molecule has 5 amide bonds. The number of benzene rings is 7. The van der Waals surface area contributed by atoms with Crippen molar-refractivity contribution in [3.05, 3.63) is 276 Å². The Morgan fingerprint density at radius 1 is 0.463 bits per heavy atom. The molecule has 7 aromatic carbocycles. The van der Waals surface area contributed by atoms with Crippen LogP contribution in [0.25, 0.3) is 0 Å². The molecule has 1 fully saturated rings. The lowest BCUT2D eigenvalue weighted by Crippen LogP contribution is -2.26. The number of para-hydroxylation sites is 6. The molecule has 121 heavy (non-hydrogen) atoms. The van der Waals surface area contributed by atoms with Crippen LogP contribution in [0.1, 0.15) is 97.0 Å². The number of primary amides is 5. The number of amides is 5. The van der Waals surface area contributed by atoms with Gasteiger partial charge in [0.15, 0.2) is 5.79 Å².